The number of likely N-dealkylation sites (N-methyl/N-ethyl adjacent to an activating group) is 1. The monoisotopic (exact) mass is 286 g/mol. The van der Waals surface area contributed by atoms with Crippen LogP contribution in [0.1, 0.15) is 58.3 Å². The van der Waals surface area contributed by atoms with Crippen LogP contribution in [0.5, 0.6) is 0 Å². The van der Waals surface area contributed by atoms with Crippen molar-refractivity contribution in [3.05, 3.63) is 0 Å². The molecule has 4 heteroatoms. The fourth-order valence-corrected chi connectivity index (χ4v) is 2.22. The average molecular weight is 286 g/mol. The fraction of sp³-hybridized carbons (Fsp3) is 0.938. The van der Waals surface area contributed by atoms with E-state index in [2.05, 4.69) is 30.8 Å². The number of rotatable bonds is 14. The summed E-state index contributed by atoms with van der Waals surface area (Å²) in [6, 6.07) is 0. The maximum atomic E-state index is 10.7. The van der Waals surface area contributed by atoms with Crippen LogP contribution in [0, 0.1) is 0 Å². The third kappa shape index (κ3) is 13.8. The Morgan fingerprint density at radius 3 is 2.00 bits per heavy atom. The summed E-state index contributed by atoms with van der Waals surface area (Å²) in [4.78, 5) is 15.1. The summed E-state index contributed by atoms with van der Waals surface area (Å²) < 4.78 is 0. The zero-order chi connectivity index (χ0) is 15.2. The highest BCUT2D eigenvalue weighted by atomic mass is 16.4. The van der Waals surface area contributed by atoms with Gasteiger partial charge in [0.2, 0.25) is 0 Å². The molecule has 0 fully saturated rings. The zero-order valence-corrected chi connectivity index (χ0v) is 13.7. The Bertz CT molecular complexity index is 233. The van der Waals surface area contributed by atoms with Crippen LogP contribution < -0.4 is 0 Å². The Labute approximate surface area is 125 Å². The van der Waals surface area contributed by atoms with Crippen LogP contribution in [-0.2, 0) is 4.79 Å². The second-order valence-electron chi connectivity index (χ2n) is 5.91. The highest BCUT2D eigenvalue weighted by Crippen LogP contribution is 2.07. The molecule has 0 saturated heterocycles. The van der Waals surface area contributed by atoms with E-state index in [1.807, 2.05) is 0 Å². The first-order chi connectivity index (χ1) is 9.56. The normalized spacial score (nSPS) is 11.4. The largest absolute Gasteiger partial charge is 0.481 e. The Kier molecular flexibility index (Phi) is 13.0. The van der Waals surface area contributed by atoms with E-state index in [0.717, 1.165) is 19.6 Å². The first kappa shape index (κ1) is 19.4. The molecule has 0 aliphatic carbocycles. The van der Waals surface area contributed by atoms with Gasteiger partial charge in [0, 0.05) is 19.6 Å². The molecule has 0 aromatic heterocycles. The summed E-state index contributed by atoms with van der Waals surface area (Å²) in [6.07, 6.45) is 9.40. The van der Waals surface area contributed by atoms with E-state index in [1.54, 1.807) is 0 Å². The van der Waals surface area contributed by atoms with E-state index in [9.17, 15) is 4.79 Å². The zero-order valence-electron chi connectivity index (χ0n) is 13.7. The van der Waals surface area contributed by atoms with Gasteiger partial charge >= 0.3 is 5.97 Å². The number of aliphatic carboxylic acids is 1. The van der Waals surface area contributed by atoms with Crippen LogP contribution in [0.2, 0.25) is 0 Å². The van der Waals surface area contributed by atoms with Gasteiger partial charge in [-0.05, 0) is 27.1 Å². The molecule has 0 saturated carbocycles. The number of carboxylic acid groups (broad SMARTS) is 1. The molecule has 0 rings (SSSR count). The molecule has 0 bridgehead atoms. The summed E-state index contributed by atoms with van der Waals surface area (Å²) >= 11 is 0. The van der Waals surface area contributed by atoms with Crippen molar-refractivity contribution in [1.29, 1.82) is 0 Å². The van der Waals surface area contributed by atoms with Crippen molar-refractivity contribution in [2.24, 2.45) is 0 Å². The van der Waals surface area contributed by atoms with Crippen molar-refractivity contribution in [3.8, 4) is 0 Å². The minimum atomic E-state index is -0.695. The standard InChI is InChI=1S/C16H34N2O2/c1-4-5-6-7-8-9-10-12-18(13-11-16(19)20)15-14-17(2)3/h4-15H2,1-3H3,(H,19,20). The lowest BCUT2D eigenvalue weighted by molar-refractivity contribution is -0.137. The highest BCUT2D eigenvalue weighted by Gasteiger charge is 2.07. The molecule has 0 aliphatic rings. The van der Waals surface area contributed by atoms with Crippen molar-refractivity contribution < 1.29 is 9.90 Å². The third-order valence-corrected chi connectivity index (χ3v) is 3.58. The van der Waals surface area contributed by atoms with Gasteiger partial charge < -0.3 is 14.9 Å². The molecular weight excluding hydrogens is 252 g/mol. The summed E-state index contributed by atoms with van der Waals surface area (Å²) in [5.74, 6) is -0.695. The molecule has 0 atom stereocenters. The van der Waals surface area contributed by atoms with Gasteiger partial charge in [-0.2, -0.15) is 0 Å². The van der Waals surface area contributed by atoms with E-state index in [4.69, 9.17) is 5.11 Å². The summed E-state index contributed by atoms with van der Waals surface area (Å²) in [7, 11) is 4.12. The van der Waals surface area contributed by atoms with E-state index in [-0.39, 0.29) is 6.42 Å². The highest BCUT2D eigenvalue weighted by molar-refractivity contribution is 5.66. The van der Waals surface area contributed by atoms with Gasteiger partial charge in [0.25, 0.3) is 0 Å². The summed E-state index contributed by atoms with van der Waals surface area (Å²) in [6.45, 7) is 5.92. The number of hydrogen-bond donors (Lipinski definition) is 1. The van der Waals surface area contributed by atoms with Crippen LogP contribution in [0.15, 0.2) is 0 Å². The Hall–Kier alpha value is -0.610. The molecule has 0 spiro atoms. The van der Waals surface area contributed by atoms with Gasteiger partial charge in [0.05, 0.1) is 6.42 Å². The van der Waals surface area contributed by atoms with Crippen LogP contribution in [-0.4, -0.2) is 61.2 Å². The maximum Gasteiger partial charge on any atom is 0.304 e. The number of carboxylic acids is 1. The fourth-order valence-electron chi connectivity index (χ4n) is 2.22. The predicted octanol–water partition coefficient (Wildman–Crippen LogP) is 3.08. The molecular formula is C16H34N2O2. The first-order valence-electron chi connectivity index (χ1n) is 8.15. The van der Waals surface area contributed by atoms with Crippen molar-refractivity contribution in [1.82, 2.24) is 9.80 Å². The Morgan fingerprint density at radius 1 is 0.850 bits per heavy atom. The van der Waals surface area contributed by atoms with Gasteiger partial charge in [-0.25, -0.2) is 0 Å². The van der Waals surface area contributed by atoms with Gasteiger partial charge in [0.15, 0.2) is 0 Å². The second-order valence-corrected chi connectivity index (χ2v) is 5.91. The van der Waals surface area contributed by atoms with E-state index >= 15 is 0 Å². The molecule has 0 radical (unpaired) electrons. The molecule has 20 heavy (non-hydrogen) atoms. The minimum absolute atomic E-state index is 0.254. The smallest absolute Gasteiger partial charge is 0.304 e. The number of carbonyl (C=O) groups is 1. The van der Waals surface area contributed by atoms with E-state index in [1.165, 1.54) is 44.9 Å². The molecule has 0 aliphatic heterocycles. The summed E-state index contributed by atoms with van der Waals surface area (Å²) in [5, 5.41) is 8.79. The summed E-state index contributed by atoms with van der Waals surface area (Å²) in [5.41, 5.74) is 0. The SMILES string of the molecule is CCCCCCCCCN(CCC(=O)O)CCN(C)C. The molecule has 4 nitrogen and oxygen atoms in total. The van der Waals surface area contributed by atoms with Gasteiger partial charge in [0.1, 0.15) is 0 Å². The molecule has 120 valence electrons. The number of nitrogens with zero attached hydrogens (tertiary/aromatic N) is 2. The lowest BCUT2D eigenvalue weighted by Crippen LogP contribution is -2.34. The number of unbranched alkanes of at least 4 members (excludes halogenated alkanes) is 6. The molecule has 1 N–H and O–H groups in total. The van der Waals surface area contributed by atoms with Crippen molar-refractivity contribution in [3.63, 3.8) is 0 Å². The third-order valence-electron chi connectivity index (χ3n) is 3.58. The molecule has 0 aromatic carbocycles. The number of hydrogen-bond acceptors (Lipinski definition) is 3. The lowest BCUT2D eigenvalue weighted by Gasteiger charge is -2.23. The predicted molar refractivity (Wildman–Crippen MR) is 85.2 cm³/mol. The van der Waals surface area contributed by atoms with Crippen LogP contribution in [0.25, 0.3) is 0 Å². The van der Waals surface area contributed by atoms with Gasteiger partial charge in [-0.1, -0.05) is 45.4 Å². The molecule has 0 aromatic rings. The van der Waals surface area contributed by atoms with E-state index < -0.39 is 5.97 Å². The Morgan fingerprint density at radius 2 is 1.45 bits per heavy atom. The second kappa shape index (κ2) is 13.4. The average Bonchev–Trinajstić information content (AvgIpc) is 2.39. The minimum Gasteiger partial charge on any atom is -0.481 e. The Balaban J connectivity index is 3.70. The topological polar surface area (TPSA) is 43.8 Å². The molecule has 0 heterocycles. The quantitative estimate of drug-likeness (QED) is 0.498. The van der Waals surface area contributed by atoms with Crippen LogP contribution in [0.3, 0.4) is 0 Å². The van der Waals surface area contributed by atoms with Gasteiger partial charge in [-0.3, -0.25) is 4.79 Å². The van der Waals surface area contributed by atoms with Crippen LogP contribution in [0.4, 0.5) is 0 Å². The molecule has 0 amide bonds. The van der Waals surface area contributed by atoms with Crippen LogP contribution >= 0.6 is 0 Å². The van der Waals surface area contributed by atoms with Gasteiger partial charge in [-0.15, -0.1) is 0 Å². The van der Waals surface area contributed by atoms with Crippen molar-refractivity contribution >= 4 is 5.97 Å². The first-order valence-corrected chi connectivity index (χ1v) is 8.15. The maximum absolute atomic E-state index is 10.7. The van der Waals surface area contributed by atoms with E-state index in [0.29, 0.717) is 6.54 Å². The van der Waals surface area contributed by atoms with Crippen molar-refractivity contribution in [2.45, 2.75) is 58.3 Å². The lowest BCUT2D eigenvalue weighted by atomic mass is 10.1. The molecule has 0 unspecified atom stereocenters. The van der Waals surface area contributed by atoms with Crippen molar-refractivity contribution in [2.75, 3.05) is 40.3 Å².